The Kier molecular flexibility index (Phi) is 9.82. The fourth-order valence-corrected chi connectivity index (χ4v) is 4.16. The molecule has 0 spiro atoms. The van der Waals surface area contributed by atoms with Crippen molar-refractivity contribution in [2.24, 2.45) is 5.41 Å². The number of ether oxygens (including phenoxy) is 2. The molecule has 33 heavy (non-hydrogen) atoms. The molecule has 2 rings (SSSR count). The Morgan fingerprint density at radius 2 is 1.82 bits per heavy atom. The number of aliphatic hydroxyl groups excluding tert-OH is 3. The van der Waals surface area contributed by atoms with E-state index in [4.69, 9.17) is 14.6 Å². The van der Waals surface area contributed by atoms with Crippen LogP contribution in [0.5, 0.6) is 0 Å². The first kappa shape index (κ1) is 27.2. The monoisotopic (exact) mass is 462 g/mol. The number of carboxylic acids is 1. The predicted molar refractivity (Wildman–Crippen MR) is 126 cm³/mol. The Labute approximate surface area is 196 Å². The van der Waals surface area contributed by atoms with E-state index < -0.39 is 36.7 Å². The van der Waals surface area contributed by atoms with E-state index in [1.807, 2.05) is 25.2 Å². The molecule has 0 aromatic rings. The fraction of sp³-hybridized carbons (Fsp3) is 0.577. The van der Waals surface area contributed by atoms with Gasteiger partial charge in [-0.3, -0.25) is 0 Å². The molecule has 0 radical (unpaired) electrons. The lowest BCUT2D eigenvalue weighted by atomic mass is 9.72. The van der Waals surface area contributed by atoms with Gasteiger partial charge in [-0.15, -0.1) is 0 Å². The van der Waals surface area contributed by atoms with E-state index in [0.717, 1.165) is 17.6 Å². The average molecular weight is 463 g/mol. The summed E-state index contributed by atoms with van der Waals surface area (Å²) in [5.74, 6) is -1.44. The smallest absolute Gasteiger partial charge is 0.335 e. The van der Waals surface area contributed by atoms with Crippen molar-refractivity contribution in [2.75, 3.05) is 6.61 Å². The van der Waals surface area contributed by atoms with E-state index in [1.54, 1.807) is 6.08 Å². The second-order valence-electron chi connectivity index (χ2n) is 9.55. The SMILES string of the molecule is CC(C=CC1=C(C)CCCC1(C)C)=CC=CC(C)=CCOC1O[C@H](C(=O)O)[C@@H](O)[C@H](O)[C@H]1O. The zero-order chi connectivity index (χ0) is 24.8. The van der Waals surface area contributed by atoms with Gasteiger partial charge in [0.1, 0.15) is 18.3 Å². The molecule has 1 heterocycles. The summed E-state index contributed by atoms with van der Waals surface area (Å²) in [5.41, 5.74) is 5.13. The maximum Gasteiger partial charge on any atom is 0.335 e. The van der Waals surface area contributed by atoms with E-state index in [1.165, 1.54) is 24.0 Å². The number of aliphatic carboxylic acids is 1. The van der Waals surface area contributed by atoms with Gasteiger partial charge in [0.05, 0.1) is 6.61 Å². The van der Waals surface area contributed by atoms with Crippen LogP contribution >= 0.6 is 0 Å². The minimum Gasteiger partial charge on any atom is -0.479 e. The van der Waals surface area contributed by atoms with Crippen molar-refractivity contribution < 1.29 is 34.7 Å². The lowest BCUT2D eigenvalue weighted by Gasteiger charge is -2.38. The van der Waals surface area contributed by atoms with Crippen molar-refractivity contribution in [3.05, 3.63) is 58.7 Å². The maximum absolute atomic E-state index is 11.1. The molecule has 7 heteroatoms. The Hall–Kier alpha value is -2.03. The molecule has 0 aromatic carbocycles. The summed E-state index contributed by atoms with van der Waals surface area (Å²) in [5, 5.41) is 38.5. The van der Waals surface area contributed by atoms with Gasteiger partial charge >= 0.3 is 5.97 Å². The summed E-state index contributed by atoms with van der Waals surface area (Å²) in [4.78, 5) is 11.1. The van der Waals surface area contributed by atoms with Crippen LogP contribution in [0.4, 0.5) is 0 Å². The van der Waals surface area contributed by atoms with Gasteiger partial charge in [-0.05, 0) is 51.0 Å². The van der Waals surface area contributed by atoms with Gasteiger partial charge in [-0.1, -0.05) is 67.0 Å². The van der Waals surface area contributed by atoms with Crippen LogP contribution in [0.2, 0.25) is 0 Å². The zero-order valence-corrected chi connectivity index (χ0v) is 20.2. The number of hydrogen-bond acceptors (Lipinski definition) is 6. The Morgan fingerprint density at radius 3 is 2.45 bits per heavy atom. The molecule has 184 valence electrons. The number of hydrogen-bond donors (Lipinski definition) is 4. The quantitative estimate of drug-likeness (QED) is 0.408. The van der Waals surface area contributed by atoms with Gasteiger partial charge in [0.25, 0.3) is 0 Å². The molecular formula is C26H38O7. The average Bonchev–Trinajstić information content (AvgIpc) is 2.72. The van der Waals surface area contributed by atoms with E-state index in [9.17, 15) is 20.1 Å². The van der Waals surface area contributed by atoms with Gasteiger partial charge in [-0.25, -0.2) is 4.79 Å². The lowest BCUT2D eigenvalue weighted by Crippen LogP contribution is -2.60. The molecule has 1 unspecified atom stereocenters. The van der Waals surface area contributed by atoms with E-state index in [-0.39, 0.29) is 12.0 Å². The molecule has 1 saturated heterocycles. The van der Waals surface area contributed by atoms with Crippen LogP contribution in [-0.4, -0.2) is 63.7 Å². The molecule has 1 aliphatic heterocycles. The maximum atomic E-state index is 11.1. The summed E-state index contributed by atoms with van der Waals surface area (Å²) >= 11 is 0. The molecule has 1 aliphatic carbocycles. The number of allylic oxidation sites excluding steroid dienone is 9. The van der Waals surface area contributed by atoms with Gasteiger partial charge < -0.3 is 29.9 Å². The molecular weight excluding hydrogens is 424 g/mol. The third-order valence-electron chi connectivity index (χ3n) is 6.25. The molecule has 0 bridgehead atoms. The summed E-state index contributed by atoms with van der Waals surface area (Å²) in [7, 11) is 0. The van der Waals surface area contributed by atoms with Crippen LogP contribution < -0.4 is 0 Å². The highest BCUT2D eigenvalue weighted by atomic mass is 16.7. The predicted octanol–water partition coefficient (Wildman–Crippen LogP) is 3.43. The van der Waals surface area contributed by atoms with Crippen molar-refractivity contribution in [1.29, 1.82) is 0 Å². The number of aliphatic hydroxyl groups is 3. The Morgan fingerprint density at radius 1 is 1.12 bits per heavy atom. The molecule has 2 aliphatic rings. The van der Waals surface area contributed by atoms with Crippen molar-refractivity contribution >= 4 is 5.97 Å². The van der Waals surface area contributed by atoms with Crippen LogP contribution in [0.15, 0.2) is 58.7 Å². The normalized spacial score (nSPS) is 31.6. The van der Waals surface area contributed by atoms with Crippen molar-refractivity contribution in [1.82, 2.24) is 0 Å². The van der Waals surface area contributed by atoms with Crippen LogP contribution in [-0.2, 0) is 14.3 Å². The summed E-state index contributed by atoms with van der Waals surface area (Å²) in [6.45, 7) is 10.8. The minimum atomic E-state index is -1.73. The fourth-order valence-electron chi connectivity index (χ4n) is 4.16. The van der Waals surface area contributed by atoms with Crippen LogP contribution in [0.25, 0.3) is 0 Å². The van der Waals surface area contributed by atoms with Gasteiger partial charge in [0.15, 0.2) is 12.4 Å². The molecule has 0 aromatic heterocycles. The third kappa shape index (κ3) is 7.48. The molecule has 1 fully saturated rings. The second kappa shape index (κ2) is 11.9. The van der Waals surface area contributed by atoms with Crippen molar-refractivity contribution in [3.8, 4) is 0 Å². The number of carboxylic acid groups (broad SMARTS) is 1. The zero-order valence-electron chi connectivity index (χ0n) is 20.2. The van der Waals surface area contributed by atoms with Crippen molar-refractivity contribution in [2.45, 2.75) is 84.6 Å². The summed E-state index contributed by atoms with van der Waals surface area (Å²) < 4.78 is 10.5. The molecule has 0 amide bonds. The van der Waals surface area contributed by atoms with Gasteiger partial charge in [0, 0.05) is 0 Å². The summed E-state index contributed by atoms with van der Waals surface area (Å²) in [6, 6.07) is 0. The first-order valence-corrected chi connectivity index (χ1v) is 11.4. The lowest BCUT2D eigenvalue weighted by molar-refractivity contribution is -0.291. The van der Waals surface area contributed by atoms with Crippen LogP contribution in [0.1, 0.15) is 53.9 Å². The van der Waals surface area contributed by atoms with Gasteiger partial charge in [-0.2, -0.15) is 0 Å². The first-order chi connectivity index (χ1) is 15.4. The first-order valence-electron chi connectivity index (χ1n) is 11.4. The molecule has 5 atom stereocenters. The highest BCUT2D eigenvalue weighted by Crippen LogP contribution is 2.40. The largest absolute Gasteiger partial charge is 0.479 e. The minimum absolute atomic E-state index is 0.0398. The Bertz CT molecular complexity index is 847. The van der Waals surface area contributed by atoms with E-state index >= 15 is 0 Å². The van der Waals surface area contributed by atoms with E-state index in [0.29, 0.717) is 0 Å². The van der Waals surface area contributed by atoms with Gasteiger partial charge in [0.2, 0.25) is 0 Å². The van der Waals surface area contributed by atoms with Crippen LogP contribution in [0, 0.1) is 5.41 Å². The molecule has 7 nitrogen and oxygen atoms in total. The summed E-state index contributed by atoms with van der Waals surface area (Å²) in [6.07, 6.45) is 7.62. The van der Waals surface area contributed by atoms with E-state index in [2.05, 4.69) is 39.8 Å². The highest BCUT2D eigenvalue weighted by Gasteiger charge is 2.47. The highest BCUT2D eigenvalue weighted by molar-refractivity contribution is 5.73. The third-order valence-corrected chi connectivity index (χ3v) is 6.25. The van der Waals surface area contributed by atoms with Crippen molar-refractivity contribution in [3.63, 3.8) is 0 Å². The molecule has 0 saturated carbocycles. The topological polar surface area (TPSA) is 116 Å². The number of carbonyl (C=O) groups is 1. The molecule has 4 N–H and O–H groups in total. The number of rotatable bonds is 8. The van der Waals surface area contributed by atoms with Crippen LogP contribution in [0.3, 0.4) is 0 Å². The second-order valence-corrected chi connectivity index (χ2v) is 9.55. The standard InChI is InChI=1S/C26H38O7/c1-16(11-12-19-18(3)10-7-14-26(19,4)5)8-6-9-17(2)13-15-32-25-22(29)20(27)21(28)23(33-25)24(30)31/h6,8-9,11-13,20-23,25,27-29H,7,10,14-15H2,1-5H3,(H,30,31)/t20-,21-,22+,23-,25?/m0/s1. The Balaban J connectivity index is 1.90.